The molecule has 0 radical (unpaired) electrons. The topological polar surface area (TPSA) is 44.8 Å². The Morgan fingerprint density at radius 1 is 0.842 bits per heavy atom. The van der Waals surface area contributed by atoms with Crippen LogP contribution in [0.25, 0.3) is 0 Å². The largest absolute Gasteiger partial charge is 0.475 e. The van der Waals surface area contributed by atoms with E-state index in [2.05, 4.69) is 6.92 Å². The van der Waals surface area contributed by atoms with Crippen LogP contribution in [0.3, 0.4) is 0 Å². The van der Waals surface area contributed by atoms with Gasteiger partial charge in [0.1, 0.15) is 0 Å². The molecule has 0 aliphatic rings. The molecule has 0 saturated carbocycles. The van der Waals surface area contributed by atoms with Crippen molar-refractivity contribution in [3.63, 3.8) is 0 Å². The van der Waals surface area contributed by atoms with Crippen LogP contribution in [0.5, 0.6) is 0 Å². The van der Waals surface area contributed by atoms with E-state index in [0.717, 1.165) is 25.7 Å². The third-order valence-corrected chi connectivity index (χ3v) is 4.06. The van der Waals surface area contributed by atoms with Gasteiger partial charge in [0.05, 0.1) is 17.8 Å². The molecule has 0 aromatic carbocycles. The first-order chi connectivity index (χ1) is 8.47. The third-order valence-electron chi connectivity index (χ3n) is 2.02. The molecule has 0 rings (SSSR count). The van der Waals surface area contributed by atoms with Crippen molar-refractivity contribution in [3.8, 4) is 0 Å². The summed E-state index contributed by atoms with van der Waals surface area (Å²) < 4.78 is 29.1. The van der Waals surface area contributed by atoms with E-state index in [4.69, 9.17) is 13.6 Å². The van der Waals surface area contributed by atoms with Crippen LogP contribution >= 0.6 is 7.82 Å². The Labute approximate surface area is 118 Å². The molecule has 0 spiro atoms. The second-order valence-electron chi connectivity index (χ2n) is 6.75. The summed E-state index contributed by atoms with van der Waals surface area (Å²) in [5.41, 5.74) is -1.13. The zero-order valence-corrected chi connectivity index (χ0v) is 14.5. The first kappa shape index (κ1) is 19.1. The molecule has 0 atom stereocenters. The number of phosphoric acid groups is 1. The van der Waals surface area contributed by atoms with Gasteiger partial charge in [0.15, 0.2) is 0 Å². The highest BCUT2D eigenvalue weighted by Gasteiger charge is 2.36. The van der Waals surface area contributed by atoms with E-state index < -0.39 is 19.0 Å². The van der Waals surface area contributed by atoms with Crippen molar-refractivity contribution >= 4 is 7.82 Å². The summed E-state index contributed by atoms with van der Waals surface area (Å²) in [6.45, 7) is 13.6. The average Bonchev–Trinajstić information content (AvgIpc) is 2.10. The van der Waals surface area contributed by atoms with Gasteiger partial charge in [-0.05, 0) is 48.0 Å². The number of phosphoric ester groups is 1. The zero-order chi connectivity index (χ0) is 15.2. The van der Waals surface area contributed by atoms with Crippen molar-refractivity contribution in [2.24, 2.45) is 0 Å². The van der Waals surface area contributed by atoms with Gasteiger partial charge in [-0.2, -0.15) is 0 Å². The molecule has 116 valence electrons. The Hall–Kier alpha value is 0.110. The highest BCUT2D eigenvalue weighted by atomic mass is 31.2. The van der Waals surface area contributed by atoms with Gasteiger partial charge in [0, 0.05) is 0 Å². The Bertz CT molecular complexity index is 269. The van der Waals surface area contributed by atoms with Gasteiger partial charge in [0.25, 0.3) is 0 Å². The van der Waals surface area contributed by atoms with Crippen molar-refractivity contribution in [2.75, 3.05) is 6.61 Å². The van der Waals surface area contributed by atoms with Gasteiger partial charge in [0.2, 0.25) is 0 Å². The van der Waals surface area contributed by atoms with Gasteiger partial charge in [-0.3, -0.25) is 13.6 Å². The van der Waals surface area contributed by atoms with Crippen LogP contribution in [0.2, 0.25) is 0 Å². The Balaban J connectivity index is 4.46. The fourth-order valence-electron chi connectivity index (χ4n) is 1.45. The van der Waals surface area contributed by atoms with Gasteiger partial charge >= 0.3 is 7.82 Å². The summed E-state index contributed by atoms with van der Waals surface area (Å²) in [6.07, 6.45) is 4.27. The fraction of sp³-hybridized carbons (Fsp3) is 1.00. The predicted molar refractivity (Wildman–Crippen MR) is 79.4 cm³/mol. The lowest BCUT2D eigenvalue weighted by Gasteiger charge is -2.30. The lowest BCUT2D eigenvalue weighted by atomic mass is 10.2. The first-order valence-electron chi connectivity index (χ1n) is 7.13. The summed E-state index contributed by atoms with van der Waals surface area (Å²) in [5.74, 6) is 0. The molecule has 0 saturated heterocycles. The number of hydrogen-bond acceptors (Lipinski definition) is 4. The lowest BCUT2D eigenvalue weighted by Crippen LogP contribution is -2.24. The minimum absolute atomic E-state index is 0.406. The van der Waals surface area contributed by atoms with E-state index in [0.29, 0.717) is 6.61 Å². The van der Waals surface area contributed by atoms with E-state index >= 15 is 0 Å². The van der Waals surface area contributed by atoms with Gasteiger partial charge in [-0.25, -0.2) is 4.57 Å². The molecule has 19 heavy (non-hydrogen) atoms. The van der Waals surface area contributed by atoms with Gasteiger partial charge in [-0.1, -0.05) is 26.2 Å². The molecule has 5 heteroatoms. The maximum Gasteiger partial charge on any atom is 0.475 e. The second kappa shape index (κ2) is 7.78. The molecule has 0 aromatic heterocycles. The summed E-state index contributed by atoms with van der Waals surface area (Å²) in [5, 5.41) is 0. The maximum absolute atomic E-state index is 12.6. The Kier molecular flexibility index (Phi) is 7.82. The highest BCUT2D eigenvalue weighted by molar-refractivity contribution is 7.48. The second-order valence-corrected chi connectivity index (χ2v) is 8.27. The van der Waals surface area contributed by atoms with Crippen LogP contribution in [-0.4, -0.2) is 17.8 Å². The standard InChI is InChI=1S/C14H31O4P/c1-8-9-10-11-12-16-19(15,17-13(2,3)4)18-14(5,6)7/h8-12H2,1-7H3. The highest BCUT2D eigenvalue weighted by Crippen LogP contribution is 2.55. The van der Waals surface area contributed by atoms with Crippen LogP contribution in [0, 0.1) is 0 Å². The smallest absolute Gasteiger partial charge is 0.287 e. The minimum Gasteiger partial charge on any atom is -0.287 e. The number of rotatable bonds is 8. The zero-order valence-electron chi connectivity index (χ0n) is 13.6. The van der Waals surface area contributed by atoms with Crippen LogP contribution < -0.4 is 0 Å². The normalized spacial score (nSPS) is 13.8. The van der Waals surface area contributed by atoms with Gasteiger partial charge in [-0.15, -0.1) is 0 Å². The van der Waals surface area contributed by atoms with Crippen molar-refractivity contribution in [1.29, 1.82) is 0 Å². The molecule has 0 aromatic rings. The third kappa shape index (κ3) is 11.6. The van der Waals surface area contributed by atoms with Crippen LogP contribution in [0.4, 0.5) is 0 Å². The fourth-order valence-corrected chi connectivity index (χ4v) is 3.28. The molecule has 0 bridgehead atoms. The summed E-state index contributed by atoms with van der Waals surface area (Å²) in [4.78, 5) is 0. The molecule has 4 nitrogen and oxygen atoms in total. The summed E-state index contributed by atoms with van der Waals surface area (Å²) in [7, 11) is -3.51. The molecule has 0 heterocycles. The van der Waals surface area contributed by atoms with Gasteiger partial charge < -0.3 is 0 Å². The van der Waals surface area contributed by atoms with Crippen LogP contribution in [0.15, 0.2) is 0 Å². The van der Waals surface area contributed by atoms with Crippen molar-refractivity contribution in [3.05, 3.63) is 0 Å². The SMILES string of the molecule is CCCCCCOP(=O)(OC(C)(C)C)OC(C)(C)C. The molecular weight excluding hydrogens is 263 g/mol. The van der Waals surface area contributed by atoms with Crippen LogP contribution in [-0.2, 0) is 18.1 Å². The van der Waals surface area contributed by atoms with E-state index in [1.165, 1.54) is 0 Å². The van der Waals surface area contributed by atoms with Crippen molar-refractivity contribution < 1.29 is 18.1 Å². The van der Waals surface area contributed by atoms with Crippen molar-refractivity contribution in [1.82, 2.24) is 0 Å². The predicted octanol–water partition coefficient (Wildman–Crippen LogP) is 5.32. The number of unbranched alkanes of at least 4 members (excludes halogenated alkanes) is 3. The van der Waals surface area contributed by atoms with E-state index in [9.17, 15) is 4.57 Å². The Morgan fingerprint density at radius 3 is 1.68 bits per heavy atom. The maximum atomic E-state index is 12.6. The van der Waals surface area contributed by atoms with Crippen LogP contribution in [0.1, 0.15) is 74.1 Å². The van der Waals surface area contributed by atoms with Crippen molar-refractivity contribution in [2.45, 2.75) is 85.4 Å². The summed E-state index contributed by atoms with van der Waals surface area (Å²) in [6, 6.07) is 0. The molecule has 0 unspecified atom stereocenters. The lowest BCUT2D eigenvalue weighted by molar-refractivity contribution is 0.00299. The average molecular weight is 294 g/mol. The minimum atomic E-state index is -3.51. The molecular formula is C14H31O4P. The molecule has 0 amide bonds. The molecule has 0 aliphatic carbocycles. The van der Waals surface area contributed by atoms with E-state index in [1.54, 1.807) is 0 Å². The molecule has 0 fully saturated rings. The quantitative estimate of drug-likeness (QED) is 0.449. The van der Waals surface area contributed by atoms with E-state index in [-0.39, 0.29) is 0 Å². The molecule has 0 N–H and O–H groups in total. The Morgan fingerprint density at radius 2 is 1.32 bits per heavy atom. The summed E-state index contributed by atoms with van der Waals surface area (Å²) >= 11 is 0. The number of hydrogen-bond donors (Lipinski definition) is 0. The monoisotopic (exact) mass is 294 g/mol. The van der Waals surface area contributed by atoms with E-state index in [1.807, 2.05) is 41.5 Å². The first-order valence-corrected chi connectivity index (χ1v) is 8.59. The molecule has 0 aliphatic heterocycles.